The molecule has 0 aromatic heterocycles. The van der Waals surface area contributed by atoms with Crippen molar-refractivity contribution >= 4 is 21.6 Å². The number of hydrogen-bond donors (Lipinski definition) is 2. The Morgan fingerprint density at radius 2 is 2.31 bits per heavy atom. The molecule has 0 amide bonds. The molecule has 13 heavy (non-hydrogen) atoms. The van der Waals surface area contributed by atoms with E-state index in [-0.39, 0.29) is 0 Å². The van der Waals surface area contributed by atoms with Crippen molar-refractivity contribution < 1.29 is 4.74 Å². The maximum Gasteiger partial charge on any atom is 0.123 e. The summed E-state index contributed by atoms with van der Waals surface area (Å²) in [6.45, 7) is 2.64. The number of hydrazine groups is 1. The summed E-state index contributed by atoms with van der Waals surface area (Å²) in [4.78, 5) is 0. The van der Waals surface area contributed by atoms with E-state index in [0.29, 0.717) is 6.61 Å². The van der Waals surface area contributed by atoms with Crippen LogP contribution in [-0.4, -0.2) is 6.61 Å². The third-order valence-corrected chi connectivity index (χ3v) is 2.28. The van der Waals surface area contributed by atoms with Gasteiger partial charge in [0.2, 0.25) is 0 Å². The third-order valence-electron chi connectivity index (χ3n) is 1.67. The van der Waals surface area contributed by atoms with Crippen molar-refractivity contribution in [2.24, 2.45) is 5.84 Å². The number of halogens is 1. The Morgan fingerprint density at radius 3 is 2.85 bits per heavy atom. The molecular weight excluding hydrogens is 232 g/mol. The summed E-state index contributed by atoms with van der Waals surface area (Å²) in [6.07, 6.45) is 0. The van der Waals surface area contributed by atoms with E-state index in [2.05, 4.69) is 21.4 Å². The zero-order valence-electron chi connectivity index (χ0n) is 7.51. The number of rotatable bonds is 4. The van der Waals surface area contributed by atoms with Gasteiger partial charge < -0.3 is 10.2 Å². The standard InChI is InChI=1S/C9H13BrN2O/c1-2-13-9-4-3-8(12-11)5-7(9)6-10/h3-5,12H,2,6,11H2,1H3. The molecule has 3 nitrogen and oxygen atoms in total. The minimum atomic E-state index is 0.676. The molecule has 4 heteroatoms. The van der Waals surface area contributed by atoms with Crippen molar-refractivity contribution in [3.63, 3.8) is 0 Å². The van der Waals surface area contributed by atoms with Gasteiger partial charge in [0.15, 0.2) is 0 Å². The number of nitrogen functional groups attached to an aromatic ring is 1. The van der Waals surface area contributed by atoms with E-state index in [1.54, 1.807) is 0 Å². The number of hydrogen-bond acceptors (Lipinski definition) is 3. The van der Waals surface area contributed by atoms with E-state index in [0.717, 1.165) is 22.3 Å². The van der Waals surface area contributed by atoms with Gasteiger partial charge in [0.25, 0.3) is 0 Å². The van der Waals surface area contributed by atoms with Crippen LogP contribution in [0, 0.1) is 0 Å². The monoisotopic (exact) mass is 244 g/mol. The first-order valence-corrected chi connectivity index (χ1v) is 5.22. The van der Waals surface area contributed by atoms with Crippen molar-refractivity contribution in [3.8, 4) is 5.75 Å². The fourth-order valence-electron chi connectivity index (χ4n) is 1.07. The van der Waals surface area contributed by atoms with E-state index in [4.69, 9.17) is 10.6 Å². The van der Waals surface area contributed by atoms with Crippen LogP contribution in [-0.2, 0) is 5.33 Å². The van der Waals surface area contributed by atoms with Crippen LogP contribution in [0.1, 0.15) is 12.5 Å². The molecule has 1 aromatic rings. The zero-order valence-corrected chi connectivity index (χ0v) is 9.10. The Morgan fingerprint density at radius 1 is 1.54 bits per heavy atom. The van der Waals surface area contributed by atoms with Gasteiger partial charge in [-0.05, 0) is 25.1 Å². The van der Waals surface area contributed by atoms with Gasteiger partial charge in [-0.3, -0.25) is 5.84 Å². The molecule has 0 spiro atoms. The molecule has 0 atom stereocenters. The number of nitrogens with one attached hydrogen (secondary N) is 1. The minimum absolute atomic E-state index is 0.676. The lowest BCUT2D eigenvalue weighted by molar-refractivity contribution is 0.338. The quantitative estimate of drug-likeness (QED) is 0.486. The predicted molar refractivity (Wildman–Crippen MR) is 58.1 cm³/mol. The van der Waals surface area contributed by atoms with Gasteiger partial charge in [-0.2, -0.15) is 0 Å². The SMILES string of the molecule is CCOc1ccc(NN)cc1CBr. The highest BCUT2D eigenvalue weighted by atomic mass is 79.9. The minimum Gasteiger partial charge on any atom is -0.494 e. The van der Waals surface area contributed by atoms with Crippen LogP contribution in [0.2, 0.25) is 0 Å². The number of ether oxygens (including phenoxy) is 1. The summed E-state index contributed by atoms with van der Waals surface area (Å²) < 4.78 is 5.43. The number of anilines is 1. The lowest BCUT2D eigenvalue weighted by Crippen LogP contribution is -2.07. The van der Waals surface area contributed by atoms with E-state index < -0.39 is 0 Å². The number of alkyl halides is 1. The second kappa shape index (κ2) is 5.09. The molecule has 0 saturated heterocycles. The Labute approximate surface area is 86.4 Å². The Kier molecular flexibility index (Phi) is 4.05. The molecule has 0 bridgehead atoms. The topological polar surface area (TPSA) is 47.3 Å². The normalized spacial score (nSPS) is 9.77. The molecule has 0 fully saturated rings. The van der Waals surface area contributed by atoms with E-state index >= 15 is 0 Å². The molecule has 0 radical (unpaired) electrons. The van der Waals surface area contributed by atoms with E-state index in [1.165, 1.54) is 0 Å². The lowest BCUT2D eigenvalue weighted by Gasteiger charge is -2.09. The fraction of sp³-hybridized carbons (Fsp3) is 0.333. The van der Waals surface area contributed by atoms with Crippen molar-refractivity contribution in [3.05, 3.63) is 23.8 Å². The number of benzene rings is 1. The molecule has 1 rings (SSSR count). The van der Waals surface area contributed by atoms with Crippen LogP contribution in [0.15, 0.2) is 18.2 Å². The zero-order chi connectivity index (χ0) is 9.68. The lowest BCUT2D eigenvalue weighted by atomic mass is 10.2. The smallest absolute Gasteiger partial charge is 0.123 e. The van der Waals surface area contributed by atoms with E-state index in [9.17, 15) is 0 Å². The average Bonchev–Trinajstić information content (AvgIpc) is 2.19. The molecule has 0 aliphatic rings. The van der Waals surface area contributed by atoms with Gasteiger partial charge in [-0.1, -0.05) is 15.9 Å². The van der Waals surface area contributed by atoms with Crippen LogP contribution >= 0.6 is 15.9 Å². The van der Waals surface area contributed by atoms with Crippen molar-refractivity contribution in [2.75, 3.05) is 12.0 Å². The van der Waals surface area contributed by atoms with Crippen molar-refractivity contribution in [2.45, 2.75) is 12.3 Å². The Hall–Kier alpha value is -0.740. The molecule has 0 aliphatic carbocycles. The van der Waals surface area contributed by atoms with Gasteiger partial charge in [0, 0.05) is 16.6 Å². The van der Waals surface area contributed by atoms with Crippen molar-refractivity contribution in [1.29, 1.82) is 0 Å². The first-order valence-electron chi connectivity index (χ1n) is 4.10. The van der Waals surface area contributed by atoms with Gasteiger partial charge in [0.1, 0.15) is 5.75 Å². The summed E-state index contributed by atoms with van der Waals surface area (Å²) in [7, 11) is 0. The average molecular weight is 245 g/mol. The van der Waals surface area contributed by atoms with E-state index in [1.807, 2.05) is 25.1 Å². The molecule has 72 valence electrons. The summed E-state index contributed by atoms with van der Waals surface area (Å²) in [5, 5.41) is 0.762. The molecule has 0 aliphatic heterocycles. The van der Waals surface area contributed by atoms with Crippen LogP contribution in [0.25, 0.3) is 0 Å². The van der Waals surface area contributed by atoms with Crippen LogP contribution in [0.5, 0.6) is 5.75 Å². The summed E-state index contributed by atoms with van der Waals surface area (Å²) in [5.74, 6) is 6.19. The molecule has 0 heterocycles. The van der Waals surface area contributed by atoms with Crippen LogP contribution < -0.4 is 16.0 Å². The Balaban J connectivity index is 2.93. The van der Waals surface area contributed by atoms with Gasteiger partial charge >= 0.3 is 0 Å². The highest BCUT2D eigenvalue weighted by Crippen LogP contribution is 2.24. The largest absolute Gasteiger partial charge is 0.494 e. The molecule has 3 N–H and O–H groups in total. The summed E-state index contributed by atoms with van der Waals surface area (Å²) in [6, 6.07) is 5.76. The molecule has 0 unspecified atom stereocenters. The Bertz CT molecular complexity index is 278. The van der Waals surface area contributed by atoms with Gasteiger partial charge in [0.05, 0.1) is 6.61 Å². The second-order valence-electron chi connectivity index (χ2n) is 2.53. The van der Waals surface area contributed by atoms with Gasteiger partial charge in [-0.25, -0.2) is 0 Å². The first kappa shape index (κ1) is 10.3. The maximum atomic E-state index is 5.43. The van der Waals surface area contributed by atoms with Crippen LogP contribution in [0.3, 0.4) is 0 Å². The third kappa shape index (κ3) is 2.60. The second-order valence-corrected chi connectivity index (χ2v) is 3.09. The molecule has 0 saturated carbocycles. The number of nitrogens with two attached hydrogens (primary N) is 1. The first-order chi connectivity index (χ1) is 6.31. The maximum absolute atomic E-state index is 5.43. The summed E-state index contributed by atoms with van der Waals surface area (Å²) in [5.41, 5.74) is 4.58. The van der Waals surface area contributed by atoms with Crippen LogP contribution in [0.4, 0.5) is 5.69 Å². The highest BCUT2D eigenvalue weighted by molar-refractivity contribution is 9.08. The fourth-order valence-corrected chi connectivity index (χ4v) is 1.51. The highest BCUT2D eigenvalue weighted by Gasteiger charge is 2.02. The molecular formula is C9H13BrN2O. The predicted octanol–water partition coefficient (Wildman–Crippen LogP) is 2.27. The summed E-state index contributed by atoms with van der Waals surface area (Å²) >= 11 is 3.39. The van der Waals surface area contributed by atoms with Crippen molar-refractivity contribution in [1.82, 2.24) is 0 Å². The molecule has 1 aromatic carbocycles. The van der Waals surface area contributed by atoms with Gasteiger partial charge in [-0.15, -0.1) is 0 Å².